The Balaban J connectivity index is 0.00000133. The minimum atomic E-state index is 0. The van der Waals surface area contributed by atoms with Crippen molar-refractivity contribution in [1.29, 1.82) is 0 Å². The van der Waals surface area contributed by atoms with Crippen LogP contribution < -0.4 is 5.32 Å². The quantitative estimate of drug-likeness (QED) is 0.765. The van der Waals surface area contributed by atoms with Crippen molar-refractivity contribution in [2.24, 2.45) is 0 Å². The molecule has 0 bridgehead atoms. The molecular weight excluding hydrogens is 256 g/mol. The van der Waals surface area contributed by atoms with E-state index in [1.807, 2.05) is 7.05 Å². The van der Waals surface area contributed by atoms with Crippen molar-refractivity contribution < 1.29 is 0 Å². The second-order valence-corrected chi connectivity index (χ2v) is 4.64. The standard InChI is InChI=1S/C16H18N2.ClH/c1-3-18-15-7-5-4-6-13(15)14-10-12(11-17-2)8-9-16(14)18;/h4-10,17H,3,11H2,1-2H3;1H. The van der Waals surface area contributed by atoms with Crippen LogP contribution in [-0.4, -0.2) is 11.6 Å². The van der Waals surface area contributed by atoms with Crippen LogP contribution in [0.25, 0.3) is 21.8 Å². The fourth-order valence-electron chi connectivity index (χ4n) is 2.76. The molecule has 0 saturated heterocycles. The third-order valence-corrected chi connectivity index (χ3v) is 3.53. The van der Waals surface area contributed by atoms with E-state index in [1.165, 1.54) is 27.4 Å². The van der Waals surface area contributed by atoms with Gasteiger partial charge in [0.1, 0.15) is 0 Å². The van der Waals surface area contributed by atoms with E-state index in [9.17, 15) is 0 Å². The lowest BCUT2D eigenvalue weighted by Crippen LogP contribution is -2.04. The van der Waals surface area contributed by atoms with Gasteiger partial charge in [0.25, 0.3) is 0 Å². The van der Waals surface area contributed by atoms with Crippen LogP contribution in [0.1, 0.15) is 12.5 Å². The molecule has 1 heterocycles. The minimum absolute atomic E-state index is 0. The van der Waals surface area contributed by atoms with E-state index >= 15 is 0 Å². The highest BCUT2D eigenvalue weighted by atomic mass is 35.5. The van der Waals surface area contributed by atoms with E-state index in [0.29, 0.717) is 0 Å². The zero-order valence-electron chi connectivity index (χ0n) is 11.3. The summed E-state index contributed by atoms with van der Waals surface area (Å²) in [6.07, 6.45) is 0. The fourth-order valence-corrected chi connectivity index (χ4v) is 2.76. The van der Waals surface area contributed by atoms with Gasteiger partial charge in [-0.25, -0.2) is 0 Å². The SMILES string of the molecule is CCn1c2ccccc2c2cc(CNC)ccc21.Cl. The molecular formula is C16H19ClN2. The minimum Gasteiger partial charge on any atom is -0.341 e. The first kappa shape index (κ1) is 13.9. The zero-order chi connectivity index (χ0) is 12.5. The average molecular weight is 275 g/mol. The summed E-state index contributed by atoms with van der Waals surface area (Å²) < 4.78 is 2.38. The number of aryl methyl sites for hydroxylation is 1. The summed E-state index contributed by atoms with van der Waals surface area (Å²) in [5.41, 5.74) is 4.00. The molecule has 1 N–H and O–H groups in total. The van der Waals surface area contributed by atoms with Crippen molar-refractivity contribution >= 4 is 34.2 Å². The Kier molecular flexibility index (Phi) is 4.13. The van der Waals surface area contributed by atoms with Crippen LogP contribution in [0.15, 0.2) is 42.5 Å². The monoisotopic (exact) mass is 274 g/mol. The van der Waals surface area contributed by atoms with Gasteiger partial charge in [0.2, 0.25) is 0 Å². The van der Waals surface area contributed by atoms with Gasteiger partial charge in [0.15, 0.2) is 0 Å². The molecule has 0 spiro atoms. The number of nitrogens with one attached hydrogen (secondary N) is 1. The first-order chi connectivity index (χ1) is 8.85. The summed E-state index contributed by atoms with van der Waals surface area (Å²) in [6, 6.07) is 15.4. The van der Waals surface area contributed by atoms with Crippen LogP contribution in [0.4, 0.5) is 0 Å². The van der Waals surface area contributed by atoms with Crippen LogP contribution in [0.2, 0.25) is 0 Å². The second kappa shape index (κ2) is 5.64. The molecule has 3 aromatic rings. The normalized spacial score (nSPS) is 10.8. The Morgan fingerprint density at radius 1 is 1.00 bits per heavy atom. The maximum Gasteiger partial charge on any atom is 0.0491 e. The molecule has 0 saturated carbocycles. The van der Waals surface area contributed by atoms with Crippen molar-refractivity contribution in [3.8, 4) is 0 Å². The zero-order valence-corrected chi connectivity index (χ0v) is 12.1. The first-order valence-electron chi connectivity index (χ1n) is 6.49. The molecule has 19 heavy (non-hydrogen) atoms. The summed E-state index contributed by atoms with van der Waals surface area (Å²) in [5, 5.41) is 5.93. The molecule has 0 aliphatic carbocycles. The van der Waals surface area contributed by atoms with E-state index in [-0.39, 0.29) is 12.4 Å². The third-order valence-electron chi connectivity index (χ3n) is 3.53. The first-order valence-corrected chi connectivity index (χ1v) is 6.49. The Labute approximate surface area is 119 Å². The molecule has 0 aliphatic heterocycles. The highest BCUT2D eigenvalue weighted by Gasteiger charge is 2.08. The largest absolute Gasteiger partial charge is 0.341 e. The Morgan fingerprint density at radius 2 is 1.74 bits per heavy atom. The molecule has 0 fully saturated rings. The number of para-hydroxylation sites is 1. The molecule has 3 rings (SSSR count). The summed E-state index contributed by atoms with van der Waals surface area (Å²) in [6.45, 7) is 4.13. The van der Waals surface area contributed by atoms with Crippen LogP contribution in [0.5, 0.6) is 0 Å². The molecule has 2 nitrogen and oxygen atoms in total. The molecule has 0 aliphatic rings. The van der Waals surface area contributed by atoms with Gasteiger partial charge in [-0.3, -0.25) is 0 Å². The Hall–Kier alpha value is -1.51. The number of rotatable bonds is 3. The van der Waals surface area contributed by atoms with Gasteiger partial charge >= 0.3 is 0 Å². The predicted molar refractivity (Wildman–Crippen MR) is 85.1 cm³/mol. The van der Waals surface area contributed by atoms with Crippen molar-refractivity contribution in [2.45, 2.75) is 20.0 Å². The second-order valence-electron chi connectivity index (χ2n) is 4.64. The molecule has 0 atom stereocenters. The molecule has 100 valence electrons. The molecule has 0 radical (unpaired) electrons. The fraction of sp³-hybridized carbons (Fsp3) is 0.250. The number of fused-ring (bicyclic) bond motifs is 3. The van der Waals surface area contributed by atoms with Gasteiger partial charge in [-0.15, -0.1) is 12.4 Å². The highest BCUT2D eigenvalue weighted by molar-refractivity contribution is 6.08. The lowest BCUT2D eigenvalue weighted by molar-refractivity contribution is 0.815. The van der Waals surface area contributed by atoms with Crippen molar-refractivity contribution in [1.82, 2.24) is 9.88 Å². The number of halogens is 1. The van der Waals surface area contributed by atoms with Gasteiger partial charge in [-0.2, -0.15) is 0 Å². The smallest absolute Gasteiger partial charge is 0.0491 e. The maximum absolute atomic E-state index is 3.21. The summed E-state index contributed by atoms with van der Waals surface area (Å²) in [4.78, 5) is 0. The lowest BCUT2D eigenvalue weighted by Gasteiger charge is -2.04. The number of aromatic nitrogens is 1. The van der Waals surface area contributed by atoms with Crippen LogP contribution in [-0.2, 0) is 13.1 Å². The number of hydrogen-bond donors (Lipinski definition) is 1. The van der Waals surface area contributed by atoms with E-state index in [0.717, 1.165) is 13.1 Å². The van der Waals surface area contributed by atoms with Crippen LogP contribution in [0.3, 0.4) is 0 Å². The van der Waals surface area contributed by atoms with Crippen LogP contribution in [0, 0.1) is 0 Å². The lowest BCUT2D eigenvalue weighted by atomic mass is 10.1. The Bertz CT molecular complexity index is 700. The van der Waals surface area contributed by atoms with E-state index in [2.05, 4.69) is 59.3 Å². The highest BCUT2D eigenvalue weighted by Crippen LogP contribution is 2.29. The predicted octanol–water partition coefficient (Wildman–Crippen LogP) is 3.96. The van der Waals surface area contributed by atoms with Crippen molar-refractivity contribution in [3.63, 3.8) is 0 Å². The van der Waals surface area contributed by atoms with Crippen molar-refractivity contribution in [3.05, 3.63) is 48.0 Å². The van der Waals surface area contributed by atoms with Gasteiger partial charge in [-0.1, -0.05) is 24.3 Å². The summed E-state index contributed by atoms with van der Waals surface area (Å²) in [7, 11) is 1.99. The van der Waals surface area contributed by atoms with E-state index < -0.39 is 0 Å². The van der Waals surface area contributed by atoms with Gasteiger partial charge in [0.05, 0.1) is 0 Å². The summed E-state index contributed by atoms with van der Waals surface area (Å²) in [5.74, 6) is 0. The Morgan fingerprint density at radius 3 is 2.47 bits per heavy atom. The number of hydrogen-bond acceptors (Lipinski definition) is 1. The van der Waals surface area contributed by atoms with Crippen molar-refractivity contribution in [2.75, 3.05) is 7.05 Å². The molecule has 0 unspecified atom stereocenters. The van der Waals surface area contributed by atoms with Gasteiger partial charge < -0.3 is 9.88 Å². The average Bonchev–Trinajstić information content (AvgIpc) is 2.72. The molecule has 3 heteroatoms. The van der Waals surface area contributed by atoms with E-state index in [4.69, 9.17) is 0 Å². The van der Waals surface area contributed by atoms with Gasteiger partial charge in [0, 0.05) is 34.9 Å². The number of nitrogens with zero attached hydrogens (tertiary/aromatic N) is 1. The van der Waals surface area contributed by atoms with Crippen LogP contribution >= 0.6 is 12.4 Å². The maximum atomic E-state index is 3.21. The molecule has 1 aromatic heterocycles. The molecule has 2 aromatic carbocycles. The summed E-state index contributed by atoms with van der Waals surface area (Å²) >= 11 is 0. The van der Waals surface area contributed by atoms with Gasteiger partial charge in [-0.05, 0) is 37.7 Å². The number of benzene rings is 2. The van der Waals surface area contributed by atoms with E-state index in [1.54, 1.807) is 0 Å². The topological polar surface area (TPSA) is 17.0 Å². The molecule has 0 amide bonds. The third kappa shape index (κ3) is 2.22.